The zero-order chi connectivity index (χ0) is 13.2. The zero-order valence-corrected chi connectivity index (χ0v) is 13.0. The average Bonchev–Trinajstić information content (AvgIpc) is 2.40. The predicted octanol–water partition coefficient (Wildman–Crippen LogP) is 5.15. The summed E-state index contributed by atoms with van der Waals surface area (Å²) in [6.07, 6.45) is 14.3. The Labute approximate surface area is 115 Å². The fourth-order valence-electron chi connectivity index (χ4n) is 3.47. The van der Waals surface area contributed by atoms with Crippen molar-refractivity contribution in [2.45, 2.75) is 91.0 Å². The summed E-state index contributed by atoms with van der Waals surface area (Å²) in [4.78, 5) is 0. The van der Waals surface area contributed by atoms with Gasteiger partial charge in [0.1, 0.15) is 0 Å². The molecule has 1 fully saturated rings. The molecule has 108 valence electrons. The number of hydrogen-bond donors (Lipinski definition) is 1. The second-order valence-electron chi connectivity index (χ2n) is 6.41. The third-order valence-electron chi connectivity index (χ3n) is 4.70. The highest BCUT2D eigenvalue weighted by Gasteiger charge is 2.19. The Hall–Kier alpha value is -0.0400. The summed E-state index contributed by atoms with van der Waals surface area (Å²) in [5.74, 6) is 1.89. The van der Waals surface area contributed by atoms with Crippen molar-refractivity contribution in [2.75, 3.05) is 6.54 Å². The first-order chi connectivity index (χ1) is 8.77. The molecule has 0 aliphatic heterocycles. The number of rotatable bonds is 9. The lowest BCUT2D eigenvalue weighted by atomic mass is 9.83. The first-order valence-electron chi connectivity index (χ1n) is 8.51. The molecule has 0 bridgehead atoms. The molecule has 0 aromatic carbocycles. The van der Waals surface area contributed by atoms with Crippen LogP contribution >= 0.6 is 0 Å². The molecule has 0 radical (unpaired) electrons. The van der Waals surface area contributed by atoms with Crippen LogP contribution in [0.5, 0.6) is 0 Å². The first kappa shape index (κ1) is 16.0. The van der Waals surface area contributed by atoms with E-state index in [4.69, 9.17) is 0 Å². The van der Waals surface area contributed by atoms with Crippen LogP contribution in [0.15, 0.2) is 0 Å². The molecule has 1 aliphatic rings. The van der Waals surface area contributed by atoms with E-state index in [-0.39, 0.29) is 0 Å². The fraction of sp³-hybridized carbons (Fsp3) is 1.00. The van der Waals surface area contributed by atoms with E-state index in [9.17, 15) is 0 Å². The van der Waals surface area contributed by atoms with Gasteiger partial charge in [-0.3, -0.25) is 0 Å². The van der Waals surface area contributed by atoms with Crippen LogP contribution in [0.3, 0.4) is 0 Å². The molecule has 1 rings (SSSR count). The van der Waals surface area contributed by atoms with Crippen molar-refractivity contribution in [3.05, 3.63) is 0 Å². The smallest absolute Gasteiger partial charge is 0.00927 e. The summed E-state index contributed by atoms with van der Waals surface area (Å²) in [5, 5.41) is 3.79. The normalized spacial score (nSPS) is 20.8. The van der Waals surface area contributed by atoms with Gasteiger partial charge < -0.3 is 5.32 Å². The zero-order valence-electron chi connectivity index (χ0n) is 13.0. The molecule has 0 saturated heterocycles. The third kappa shape index (κ3) is 6.22. The Bertz CT molecular complexity index is 184. The number of nitrogens with one attached hydrogen (secondary N) is 1. The van der Waals surface area contributed by atoms with Crippen molar-refractivity contribution in [2.24, 2.45) is 11.8 Å². The quantitative estimate of drug-likeness (QED) is 0.599. The minimum atomic E-state index is 0.770. The van der Waals surface area contributed by atoms with E-state index in [1.165, 1.54) is 70.8 Å². The van der Waals surface area contributed by atoms with Crippen molar-refractivity contribution in [1.82, 2.24) is 5.32 Å². The van der Waals surface area contributed by atoms with Crippen molar-refractivity contribution in [3.8, 4) is 0 Å². The summed E-state index contributed by atoms with van der Waals surface area (Å²) < 4.78 is 0. The highest BCUT2D eigenvalue weighted by Crippen LogP contribution is 2.29. The molecule has 1 saturated carbocycles. The van der Waals surface area contributed by atoms with Crippen LogP contribution in [-0.2, 0) is 0 Å². The van der Waals surface area contributed by atoms with Gasteiger partial charge in [-0.2, -0.15) is 0 Å². The minimum absolute atomic E-state index is 0.770. The third-order valence-corrected chi connectivity index (χ3v) is 4.70. The van der Waals surface area contributed by atoms with Gasteiger partial charge >= 0.3 is 0 Å². The molecule has 0 aromatic rings. The molecule has 18 heavy (non-hydrogen) atoms. The van der Waals surface area contributed by atoms with E-state index in [0.29, 0.717) is 0 Å². The molecule has 0 amide bonds. The fourth-order valence-corrected chi connectivity index (χ4v) is 3.47. The van der Waals surface area contributed by atoms with Crippen molar-refractivity contribution >= 4 is 0 Å². The lowest BCUT2D eigenvalue weighted by Crippen LogP contribution is -2.36. The predicted molar refractivity (Wildman–Crippen MR) is 82.0 cm³/mol. The van der Waals surface area contributed by atoms with Crippen LogP contribution in [-0.4, -0.2) is 12.6 Å². The molecule has 2 atom stereocenters. The molecular formula is C17H35N. The maximum Gasteiger partial charge on any atom is 0.00927 e. The molecular weight excluding hydrogens is 218 g/mol. The van der Waals surface area contributed by atoms with Gasteiger partial charge in [0.15, 0.2) is 0 Å². The minimum Gasteiger partial charge on any atom is -0.314 e. The lowest BCUT2D eigenvalue weighted by molar-refractivity contribution is 0.276. The standard InChI is InChI=1S/C17H35N/c1-4-9-15(3)17(18-14-5-2)13-12-16-10-7-6-8-11-16/h15-18H,4-14H2,1-3H3. The van der Waals surface area contributed by atoms with E-state index in [0.717, 1.165) is 17.9 Å². The van der Waals surface area contributed by atoms with Gasteiger partial charge in [-0.1, -0.05) is 59.3 Å². The Morgan fingerprint density at radius 3 is 2.33 bits per heavy atom. The van der Waals surface area contributed by atoms with Crippen molar-refractivity contribution in [3.63, 3.8) is 0 Å². The Morgan fingerprint density at radius 1 is 1.00 bits per heavy atom. The molecule has 1 nitrogen and oxygen atoms in total. The van der Waals surface area contributed by atoms with Crippen LogP contribution in [0.4, 0.5) is 0 Å². The molecule has 1 N–H and O–H groups in total. The van der Waals surface area contributed by atoms with Gasteiger partial charge in [-0.25, -0.2) is 0 Å². The second kappa shape index (κ2) is 9.83. The average molecular weight is 253 g/mol. The summed E-state index contributed by atoms with van der Waals surface area (Å²) in [7, 11) is 0. The van der Waals surface area contributed by atoms with E-state index in [1.54, 1.807) is 0 Å². The van der Waals surface area contributed by atoms with Crippen LogP contribution in [0, 0.1) is 11.8 Å². The van der Waals surface area contributed by atoms with Crippen molar-refractivity contribution in [1.29, 1.82) is 0 Å². The van der Waals surface area contributed by atoms with E-state index in [2.05, 4.69) is 26.1 Å². The molecule has 1 heteroatoms. The largest absolute Gasteiger partial charge is 0.314 e. The topological polar surface area (TPSA) is 12.0 Å². The highest BCUT2D eigenvalue weighted by molar-refractivity contribution is 4.76. The van der Waals surface area contributed by atoms with Gasteiger partial charge in [-0.05, 0) is 44.1 Å². The van der Waals surface area contributed by atoms with E-state index < -0.39 is 0 Å². The van der Waals surface area contributed by atoms with Crippen LogP contribution in [0.25, 0.3) is 0 Å². The molecule has 0 heterocycles. The monoisotopic (exact) mass is 253 g/mol. The Morgan fingerprint density at radius 2 is 1.72 bits per heavy atom. The Balaban J connectivity index is 2.29. The van der Waals surface area contributed by atoms with Gasteiger partial charge in [0.05, 0.1) is 0 Å². The maximum absolute atomic E-state index is 3.79. The highest BCUT2D eigenvalue weighted by atomic mass is 14.9. The lowest BCUT2D eigenvalue weighted by Gasteiger charge is -2.28. The van der Waals surface area contributed by atoms with Crippen LogP contribution in [0.1, 0.15) is 85.0 Å². The Kier molecular flexibility index (Phi) is 8.75. The molecule has 2 unspecified atom stereocenters. The van der Waals surface area contributed by atoms with E-state index >= 15 is 0 Å². The summed E-state index contributed by atoms with van der Waals surface area (Å²) >= 11 is 0. The maximum atomic E-state index is 3.79. The van der Waals surface area contributed by atoms with Gasteiger partial charge in [-0.15, -0.1) is 0 Å². The first-order valence-corrected chi connectivity index (χ1v) is 8.51. The second-order valence-corrected chi connectivity index (χ2v) is 6.41. The SMILES string of the molecule is CCCNC(CCC1CCCCC1)C(C)CCC. The molecule has 0 spiro atoms. The summed E-state index contributed by atoms with van der Waals surface area (Å²) in [6, 6.07) is 0.770. The van der Waals surface area contributed by atoms with Crippen LogP contribution < -0.4 is 5.32 Å². The number of hydrogen-bond acceptors (Lipinski definition) is 1. The molecule has 0 aromatic heterocycles. The van der Waals surface area contributed by atoms with Crippen molar-refractivity contribution < 1.29 is 0 Å². The summed E-state index contributed by atoms with van der Waals surface area (Å²) in [5.41, 5.74) is 0. The van der Waals surface area contributed by atoms with Crippen LogP contribution in [0.2, 0.25) is 0 Å². The van der Waals surface area contributed by atoms with Gasteiger partial charge in [0.2, 0.25) is 0 Å². The van der Waals surface area contributed by atoms with E-state index in [1.807, 2.05) is 0 Å². The molecule has 1 aliphatic carbocycles. The van der Waals surface area contributed by atoms with Gasteiger partial charge in [0.25, 0.3) is 0 Å². The van der Waals surface area contributed by atoms with Gasteiger partial charge in [0, 0.05) is 6.04 Å². The summed E-state index contributed by atoms with van der Waals surface area (Å²) in [6.45, 7) is 8.23.